The number of alkyl halides is 4. The molecule has 1 aromatic rings. The molecule has 0 bridgehead atoms. The third-order valence-corrected chi connectivity index (χ3v) is 5.78. The molecule has 0 saturated carbocycles. The molecule has 0 heterocycles. The molecule has 22 heavy (non-hydrogen) atoms. The molecule has 1 unspecified atom stereocenters. The molecule has 0 aromatic heterocycles. The van der Waals surface area contributed by atoms with E-state index in [2.05, 4.69) is 0 Å². The van der Waals surface area contributed by atoms with Crippen LogP contribution in [-0.4, -0.2) is 23.6 Å². The minimum atomic E-state index is -4.88. The molecule has 1 rings (SSSR count). The number of halogens is 4. The largest absolute Gasteiger partial charge is 0.443 e. The Kier molecular flexibility index (Phi) is 6.61. The summed E-state index contributed by atoms with van der Waals surface area (Å²) in [6, 6.07) is 2.35. The van der Waals surface area contributed by atoms with Gasteiger partial charge in [-0.25, -0.2) is 0 Å². The second-order valence-corrected chi connectivity index (χ2v) is 8.32. The normalized spacial score (nSPS) is 14.4. The van der Waals surface area contributed by atoms with Gasteiger partial charge in [0.2, 0.25) is 6.49 Å². The lowest BCUT2D eigenvalue weighted by Gasteiger charge is -2.21. The van der Waals surface area contributed by atoms with E-state index in [0.29, 0.717) is 6.07 Å². The molecule has 0 aliphatic carbocycles. The Morgan fingerprint density at radius 2 is 2.09 bits per heavy atom. The van der Waals surface area contributed by atoms with Gasteiger partial charge in [-0.3, -0.25) is 10.1 Å². The lowest BCUT2D eigenvalue weighted by molar-refractivity contribution is -0.388. The van der Waals surface area contributed by atoms with Crippen molar-refractivity contribution in [3.05, 3.63) is 33.9 Å². The fraction of sp³-hybridized carbons (Fsp3) is 0.455. The van der Waals surface area contributed by atoms with Crippen molar-refractivity contribution in [2.45, 2.75) is 13.1 Å². The van der Waals surface area contributed by atoms with E-state index in [0.717, 1.165) is 12.1 Å². The zero-order chi connectivity index (χ0) is 17.0. The van der Waals surface area contributed by atoms with E-state index in [1.165, 1.54) is 0 Å². The van der Waals surface area contributed by atoms with E-state index in [-0.39, 0.29) is 24.4 Å². The summed E-state index contributed by atoms with van der Waals surface area (Å²) in [5, 5.41) is 10.7. The molecule has 0 N–H and O–H groups in total. The van der Waals surface area contributed by atoms with Crippen molar-refractivity contribution in [1.29, 1.82) is 0 Å². The van der Waals surface area contributed by atoms with Crippen LogP contribution in [0.3, 0.4) is 0 Å². The first-order chi connectivity index (χ1) is 10.1. The van der Waals surface area contributed by atoms with Crippen molar-refractivity contribution >= 4 is 35.6 Å². The number of nitrogens with zero attached hydrogens (tertiary/aromatic N) is 1. The number of rotatable bonds is 7. The maximum Gasteiger partial charge on any atom is 0.423 e. The molecule has 0 spiro atoms. The van der Waals surface area contributed by atoms with E-state index < -0.39 is 28.8 Å². The van der Waals surface area contributed by atoms with Crippen molar-refractivity contribution in [1.82, 2.24) is 0 Å². The van der Waals surface area contributed by atoms with Crippen LogP contribution in [0.5, 0.6) is 5.75 Å². The quantitative estimate of drug-likeness (QED) is 0.301. The summed E-state index contributed by atoms with van der Waals surface area (Å²) in [7, 11) is 0. The first kappa shape index (κ1) is 19.2. The van der Waals surface area contributed by atoms with E-state index >= 15 is 0 Å². The molecule has 0 aliphatic rings. The van der Waals surface area contributed by atoms with Crippen molar-refractivity contribution in [2.24, 2.45) is 0 Å². The second-order valence-electron chi connectivity index (χ2n) is 3.97. The van der Waals surface area contributed by atoms with Gasteiger partial charge in [0.25, 0.3) is 5.69 Å². The average molecular weight is 378 g/mol. The summed E-state index contributed by atoms with van der Waals surface area (Å²) in [5.41, 5.74) is -2.45. The third kappa shape index (κ3) is 5.08. The van der Waals surface area contributed by atoms with Crippen LogP contribution in [0.25, 0.3) is 0 Å². The van der Waals surface area contributed by atoms with Crippen molar-refractivity contribution in [2.75, 3.05) is 18.6 Å². The summed E-state index contributed by atoms with van der Waals surface area (Å²) < 4.78 is 49.3. The summed E-state index contributed by atoms with van der Waals surface area (Å²) in [4.78, 5) is 9.57. The molecule has 0 fully saturated rings. The average Bonchev–Trinajstić information content (AvgIpc) is 2.44. The lowest BCUT2D eigenvalue weighted by Crippen LogP contribution is -2.10. The molecular weight excluding hydrogens is 366 g/mol. The van der Waals surface area contributed by atoms with Gasteiger partial charge in [-0.15, -0.1) is 11.6 Å². The first-order valence-electron chi connectivity index (χ1n) is 5.97. The monoisotopic (exact) mass is 377 g/mol. The molecule has 0 amide bonds. The second kappa shape index (κ2) is 7.59. The van der Waals surface area contributed by atoms with Gasteiger partial charge >= 0.3 is 6.18 Å². The number of nitro benzene ring substituents is 1. The summed E-state index contributed by atoms with van der Waals surface area (Å²) in [6.07, 6.45) is -4.61. The van der Waals surface area contributed by atoms with Crippen molar-refractivity contribution in [3.8, 4) is 5.75 Å². The van der Waals surface area contributed by atoms with Gasteiger partial charge in [-0.1, -0.05) is 6.92 Å². The fourth-order valence-electron chi connectivity index (χ4n) is 1.47. The Bertz CT molecular complexity index is 599. The Balaban J connectivity index is 3.17. The Hall–Kier alpha value is -0.890. The van der Waals surface area contributed by atoms with E-state index in [9.17, 15) is 23.3 Å². The molecular formula is C11H12ClF3NO4PS. The number of hydrogen-bond donors (Lipinski definition) is 0. The Morgan fingerprint density at radius 1 is 1.45 bits per heavy atom. The molecule has 0 aliphatic heterocycles. The van der Waals surface area contributed by atoms with Crippen LogP contribution in [0, 0.1) is 10.1 Å². The molecule has 5 nitrogen and oxygen atoms in total. The van der Waals surface area contributed by atoms with Gasteiger partial charge in [-0.2, -0.15) is 13.2 Å². The van der Waals surface area contributed by atoms with Crippen LogP contribution < -0.4 is 4.52 Å². The smallest absolute Gasteiger partial charge is 0.423 e. The predicted molar refractivity (Wildman–Crippen MR) is 80.2 cm³/mol. The van der Waals surface area contributed by atoms with E-state index in [4.69, 9.17) is 32.5 Å². The summed E-state index contributed by atoms with van der Waals surface area (Å²) in [6.45, 7) is -1.06. The molecule has 1 aromatic carbocycles. The zero-order valence-electron chi connectivity index (χ0n) is 11.3. The van der Waals surface area contributed by atoms with Crippen LogP contribution in [0.15, 0.2) is 18.2 Å². The molecule has 0 radical (unpaired) electrons. The standard InChI is InChI=1S/C11H12ClF3NO4PS/c1-2-21(22,19-6-5-12)20-8-3-4-10(16(17)18)9(7-8)11(13,14)15/h3-4,7H,2,5-6H2,1H3. The van der Waals surface area contributed by atoms with Crippen LogP contribution in [0.4, 0.5) is 18.9 Å². The predicted octanol–water partition coefficient (Wildman–Crippen LogP) is 4.58. The van der Waals surface area contributed by atoms with Gasteiger partial charge in [0.1, 0.15) is 11.3 Å². The highest BCUT2D eigenvalue weighted by Gasteiger charge is 2.39. The van der Waals surface area contributed by atoms with Gasteiger partial charge < -0.3 is 9.05 Å². The lowest BCUT2D eigenvalue weighted by atomic mass is 10.1. The minimum Gasteiger partial charge on any atom is -0.443 e. The van der Waals surface area contributed by atoms with Crippen molar-refractivity contribution in [3.63, 3.8) is 0 Å². The fourth-order valence-corrected chi connectivity index (χ4v) is 3.31. The third-order valence-electron chi connectivity index (χ3n) is 2.47. The van der Waals surface area contributed by atoms with Crippen LogP contribution in [-0.2, 0) is 22.5 Å². The molecule has 1 atom stereocenters. The first-order valence-corrected chi connectivity index (χ1v) is 9.33. The van der Waals surface area contributed by atoms with E-state index in [1.807, 2.05) is 0 Å². The van der Waals surface area contributed by atoms with Gasteiger partial charge in [0.05, 0.1) is 11.5 Å². The summed E-state index contributed by atoms with van der Waals surface area (Å²) in [5.74, 6) is -0.0619. The minimum absolute atomic E-state index is 0.103. The Morgan fingerprint density at radius 3 is 2.55 bits per heavy atom. The highest BCUT2D eigenvalue weighted by Crippen LogP contribution is 2.49. The molecule has 124 valence electrons. The van der Waals surface area contributed by atoms with Gasteiger partial charge in [0, 0.05) is 18.1 Å². The van der Waals surface area contributed by atoms with Crippen LogP contribution >= 0.6 is 18.1 Å². The van der Waals surface area contributed by atoms with E-state index in [1.54, 1.807) is 6.92 Å². The van der Waals surface area contributed by atoms with Gasteiger partial charge in [-0.05, 0) is 23.9 Å². The molecule has 11 heteroatoms. The number of nitro groups is 1. The maximum atomic E-state index is 12.9. The highest BCUT2D eigenvalue weighted by atomic mass is 35.5. The Labute approximate surface area is 134 Å². The zero-order valence-corrected chi connectivity index (χ0v) is 13.8. The summed E-state index contributed by atoms with van der Waals surface area (Å²) >= 11 is 10.6. The molecule has 0 saturated heterocycles. The maximum absolute atomic E-state index is 12.9. The number of benzene rings is 1. The van der Waals surface area contributed by atoms with Crippen LogP contribution in [0.1, 0.15) is 12.5 Å². The van der Waals surface area contributed by atoms with Crippen molar-refractivity contribution < 1.29 is 27.1 Å². The van der Waals surface area contributed by atoms with Gasteiger partial charge in [0.15, 0.2) is 0 Å². The number of hydrogen-bond acceptors (Lipinski definition) is 5. The topological polar surface area (TPSA) is 61.6 Å². The highest BCUT2D eigenvalue weighted by molar-refractivity contribution is 8.10. The SMILES string of the molecule is CCP(=S)(OCCCl)Oc1ccc([N+](=O)[O-])c(C(F)(F)F)c1. The van der Waals surface area contributed by atoms with Crippen LogP contribution in [0.2, 0.25) is 0 Å².